The van der Waals surface area contributed by atoms with Gasteiger partial charge in [-0.3, -0.25) is 0 Å². The van der Waals surface area contributed by atoms with Gasteiger partial charge in [0, 0.05) is 11.4 Å². The van der Waals surface area contributed by atoms with Crippen LogP contribution in [0, 0.1) is 17.1 Å². The predicted octanol–water partition coefficient (Wildman–Crippen LogP) is 3.77. The molecule has 0 spiro atoms. The van der Waals surface area contributed by atoms with Crippen molar-refractivity contribution in [1.29, 1.82) is 5.26 Å². The number of halogens is 2. The number of hydrogen-bond acceptors (Lipinski definition) is 3. The molecule has 3 aromatic rings. The minimum atomic E-state index is -0.324. The van der Waals surface area contributed by atoms with Crippen LogP contribution >= 0.6 is 11.6 Å². The zero-order chi connectivity index (χ0) is 17.1. The van der Waals surface area contributed by atoms with E-state index in [4.69, 9.17) is 17.3 Å². The first-order valence-electron chi connectivity index (χ1n) is 7.31. The predicted molar refractivity (Wildman–Crippen MR) is 91.1 cm³/mol. The quantitative estimate of drug-likeness (QED) is 0.786. The molecule has 0 unspecified atom stereocenters. The third-order valence-corrected chi connectivity index (χ3v) is 4.08. The van der Waals surface area contributed by atoms with Crippen molar-refractivity contribution in [3.05, 3.63) is 81.8 Å². The lowest BCUT2D eigenvalue weighted by atomic mass is 10.1. The average molecular weight is 341 g/mol. The summed E-state index contributed by atoms with van der Waals surface area (Å²) in [6, 6.07) is 15.7. The highest BCUT2D eigenvalue weighted by molar-refractivity contribution is 6.31. The molecule has 0 fully saturated rings. The molecular weight excluding hydrogens is 327 g/mol. The van der Waals surface area contributed by atoms with Gasteiger partial charge in [-0.25, -0.2) is 9.07 Å². The first-order chi connectivity index (χ1) is 11.6. The molecule has 24 heavy (non-hydrogen) atoms. The smallest absolute Gasteiger partial charge is 0.140 e. The summed E-state index contributed by atoms with van der Waals surface area (Å²) in [6.45, 7) is 0.292. The zero-order valence-corrected chi connectivity index (χ0v) is 13.5. The maximum atomic E-state index is 13.3. The van der Waals surface area contributed by atoms with Crippen molar-refractivity contribution in [2.75, 3.05) is 5.73 Å². The Kier molecular flexibility index (Phi) is 4.50. The van der Waals surface area contributed by atoms with Crippen molar-refractivity contribution in [1.82, 2.24) is 9.78 Å². The van der Waals surface area contributed by atoms with Crippen LogP contribution in [-0.4, -0.2) is 9.78 Å². The topological polar surface area (TPSA) is 67.6 Å². The van der Waals surface area contributed by atoms with Gasteiger partial charge >= 0.3 is 0 Å². The lowest BCUT2D eigenvalue weighted by Gasteiger charge is -2.04. The van der Waals surface area contributed by atoms with Gasteiger partial charge in [0.25, 0.3) is 0 Å². The lowest BCUT2D eigenvalue weighted by molar-refractivity contribution is 0.619. The number of benzene rings is 2. The minimum Gasteiger partial charge on any atom is -0.383 e. The molecule has 6 heteroatoms. The van der Waals surface area contributed by atoms with E-state index in [2.05, 4.69) is 11.2 Å². The Balaban J connectivity index is 1.94. The summed E-state index contributed by atoms with van der Waals surface area (Å²) in [7, 11) is 0. The highest BCUT2D eigenvalue weighted by Gasteiger charge is 2.17. The lowest BCUT2D eigenvalue weighted by Crippen LogP contribution is -2.06. The van der Waals surface area contributed by atoms with Crippen LogP contribution in [0.15, 0.2) is 48.5 Å². The third-order valence-electron chi connectivity index (χ3n) is 3.71. The van der Waals surface area contributed by atoms with E-state index in [1.165, 1.54) is 16.8 Å². The van der Waals surface area contributed by atoms with Crippen LogP contribution in [0.25, 0.3) is 0 Å². The summed E-state index contributed by atoms with van der Waals surface area (Å²) in [5, 5.41) is 14.4. The van der Waals surface area contributed by atoms with E-state index in [0.717, 1.165) is 11.1 Å². The fraction of sp³-hybridized carbons (Fsp3) is 0.111. The first kappa shape index (κ1) is 16.0. The van der Waals surface area contributed by atoms with Crippen molar-refractivity contribution in [3.8, 4) is 6.07 Å². The number of anilines is 1. The number of rotatable bonds is 4. The van der Waals surface area contributed by atoms with Crippen LogP contribution < -0.4 is 5.73 Å². The van der Waals surface area contributed by atoms with Gasteiger partial charge in [-0.05, 0) is 29.3 Å². The number of nitrogens with zero attached hydrogens (tertiary/aromatic N) is 3. The molecule has 0 aliphatic rings. The van der Waals surface area contributed by atoms with Gasteiger partial charge in [-0.2, -0.15) is 10.4 Å². The van der Waals surface area contributed by atoms with Crippen LogP contribution in [0.2, 0.25) is 5.02 Å². The average Bonchev–Trinajstić information content (AvgIpc) is 2.85. The molecule has 1 heterocycles. The number of aromatic nitrogens is 2. The van der Waals surface area contributed by atoms with Crippen molar-refractivity contribution >= 4 is 17.4 Å². The van der Waals surface area contributed by atoms with Crippen LogP contribution in [0.5, 0.6) is 0 Å². The van der Waals surface area contributed by atoms with E-state index < -0.39 is 0 Å². The minimum absolute atomic E-state index is 0.267. The third kappa shape index (κ3) is 3.24. The highest BCUT2D eigenvalue weighted by Crippen LogP contribution is 2.23. The molecule has 3 rings (SSSR count). The van der Waals surface area contributed by atoms with Gasteiger partial charge in [0.05, 0.1) is 12.2 Å². The Morgan fingerprint density at radius 2 is 2.00 bits per heavy atom. The van der Waals surface area contributed by atoms with Crippen molar-refractivity contribution < 1.29 is 4.39 Å². The van der Waals surface area contributed by atoms with Gasteiger partial charge in [0.15, 0.2) is 0 Å². The number of nitriles is 1. The molecule has 0 aliphatic carbocycles. The molecule has 1 aromatic heterocycles. The molecule has 0 saturated carbocycles. The molecular formula is C18H14ClFN4. The molecule has 2 N–H and O–H groups in total. The second-order valence-electron chi connectivity index (χ2n) is 5.37. The summed E-state index contributed by atoms with van der Waals surface area (Å²) in [5.74, 6) is -0.0566. The molecule has 0 amide bonds. The first-order valence-corrected chi connectivity index (χ1v) is 7.69. The van der Waals surface area contributed by atoms with Gasteiger partial charge in [-0.15, -0.1) is 0 Å². The van der Waals surface area contributed by atoms with E-state index in [-0.39, 0.29) is 11.6 Å². The number of hydrogen-bond donors (Lipinski definition) is 1. The normalized spacial score (nSPS) is 10.5. The Bertz CT molecular complexity index is 927. The Morgan fingerprint density at radius 1 is 1.21 bits per heavy atom. The molecule has 0 aliphatic heterocycles. The maximum absolute atomic E-state index is 13.3. The fourth-order valence-corrected chi connectivity index (χ4v) is 2.73. The van der Waals surface area contributed by atoms with E-state index in [0.29, 0.717) is 29.2 Å². The highest BCUT2D eigenvalue weighted by atomic mass is 35.5. The zero-order valence-electron chi connectivity index (χ0n) is 12.7. The Morgan fingerprint density at radius 3 is 2.71 bits per heavy atom. The second-order valence-corrected chi connectivity index (χ2v) is 5.78. The summed E-state index contributed by atoms with van der Waals surface area (Å²) >= 11 is 6.17. The number of nitrogen functional groups attached to an aromatic ring is 1. The van der Waals surface area contributed by atoms with Crippen LogP contribution in [-0.2, 0) is 13.0 Å². The second kappa shape index (κ2) is 6.73. The van der Waals surface area contributed by atoms with Crippen molar-refractivity contribution in [3.63, 3.8) is 0 Å². The summed E-state index contributed by atoms with van der Waals surface area (Å²) in [4.78, 5) is 0. The van der Waals surface area contributed by atoms with Crippen molar-refractivity contribution in [2.24, 2.45) is 0 Å². The molecule has 0 saturated heterocycles. The van der Waals surface area contributed by atoms with Gasteiger partial charge < -0.3 is 5.73 Å². The standard InChI is InChI=1S/C18H14ClFN4/c19-16-7-2-1-5-13(16)9-17-15(10-21)18(22)24(23-17)11-12-4-3-6-14(20)8-12/h1-8H,9,11,22H2. The molecule has 0 atom stereocenters. The molecule has 2 aromatic carbocycles. The van der Waals surface area contributed by atoms with E-state index in [9.17, 15) is 9.65 Å². The van der Waals surface area contributed by atoms with E-state index in [1.54, 1.807) is 18.2 Å². The van der Waals surface area contributed by atoms with Gasteiger partial charge in [0.1, 0.15) is 23.3 Å². The van der Waals surface area contributed by atoms with Crippen LogP contribution in [0.4, 0.5) is 10.2 Å². The Labute approximate surface area is 143 Å². The van der Waals surface area contributed by atoms with Crippen LogP contribution in [0.3, 0.4) is 0 Å². The SMILES string of the molecule is N#Cc1c(Cc2ccccc2Cl)nn(Cc2cccc(F)c2)c1N. The van der Waals surface area contributed by atoms with E-state index in [1.807, 2.05) is 18.2 Å². The number of nitrogens with two attached hydrogens (primary N) is 1. The summed E-state index contributed by atoms with van der Waals surface area (Å²) < 4.78 is 14.8. The molecule has 0 bridgehead atoms. The monoisotopic (exact) mass is 340 g/mol. The van der Waals surface area contributed by atoms with Gasteiger partial charge in [-0.1, -0.05) is 41.9 Å². The van der Waals surface area contributed by atoms with E-state index >= 15 is 0 Å². The fourth-order valence-electron chi connectivity index (χ4n) is 2.52. The van der Waals surface area contributed by atoms with Gasteiger partial charge in [0.2, 0.25) is 0 Å². The summed E-state index contributed by atoms with van der Waals surface area (Å²) in [6.07, 6.45) is 0.406. The Hall–Kier alpha value is -2.84. The largest absolute Gasteiger partial charge is 0.383 e. The molecule has 120 valence electrons. The maximum Gasteiger partial charge on any atom is 0.140 e. The molecule has 0 radical (unpaired) electrons. The van der Waals surface area contributed by atoms with Crippen LogP contribution in [0.1, 0.15) is 22.4 Å². The van der Waals surface area contributed by atoms with Crippen molar-refractivity contribution in [2.45, 2.75) is 13.0 Å². The summed E-state index contributed by atoms with van der Waals surface area (Å²) in [5.41, 5.74) is 8.51. The molecule has 4 nitrogen and oxygen atoms in total.